The van der Waals surface area contributed by atoms with Crippen LogP contribution in [-0.4, -0.2) is 76.9 Å². The summed E-state index contributed by atoms with van der Waals surface area (Å²) in [7, 11) is 0. The number of hydrogen-bond acceptors (Lipinski definition) is 7. The second-order valence-corrected chi connectivity index (χ2v) is 6.88. The van der Waals surface area contributed by atoms with Crippen LogP contribution in [0.2, 0.25) is 0 Å². The molecule has 0 radical (unpaired) electrons. The SMILES string of the molecule is CCOCCCNC(O)[C@H]1O[C@H](C2CCCCC2)[C@H](O)[C@@H](O)[C@H]1O. The smallest absolute Gasteiger partial charge is 0.134 e. The van der Waals surface area contributed by atoms with Crippen LogP contribution in [0.1, 0.15) is 45.4 Å². The van der Waals surface area contributed by atoms with Crippen molar-refractivity contribution >= 4 is 0 Å². The van der Waals surface area contributed by atoms with Crippen molar-refractivity contribution in [2.45, 2.75) is 82.2 Å². The summed E-state index contributed by atoms with van der Waals surface area (Å²) in [6.07, 6.45) is -0.412. The third-order valence-corrected chi connectivity index (χ3v) is 5.14. The lowest BCUT2D eigenvalue weighted by molar-refractivity contribution is -0.258. The number of nitrogens with one attached hydrogen (secondary N) is 1. The summed E-state index contributed by atoms with van der Waals surface area (Å²) in [6.45, 7) is 3.68. The largest absolute Gasteiger partial charge is 0.388 e. The van der Waals surface area contributed by atoms with Crippen molar-refractivity contribution in [2.75, 3.05) is 19.8 Å². The van der Waals surface area contributed by atoms with Crippen LogP contribution in [0.3, 0.4) is 0 Å². The van der Waals surface area contributed by atoms with Gasteiger partial charge in [0, 0.05) is 13.2 Å². The van der Waals surface area contributed by atoms with E-state index in [-0.39, 0.29) is 5.92 Å². The van der Waals surface area contributed by atoms with Crippen molar-refractivity contribution in [3.63, 3.8) is 0 Å². The predicted octanol–water partition coefficient (Wildman–Crippen LogP) is -0.249. The van der Waals surface area contributed by atoms with Gasteiger partial charge < -0.3 is 29.9 Å². The molecular formula is C17H33NO6. The second-order valence-electron chi connectivity index (χ2n) is 6.88. The first kappa shape index (κ1) is 20.0. The molecule has 1 unspecified atom stereocenters. The van der Waals surface area contributed by atoms with Crippen LogP contribution in [-0.2, 0) is 9.47 Å². The Labute approximate surface area is 144 Å². The van der Waals surface area contributed by atoms with Crippen LogP contribution in [0.15, 0.2) is 0 Å². The summed E-state index contributed by atoms with van der Waals surface area (Å²) in [5.74, 6) is 0.156. The standard InChI is InChI=1S/C17H33NO6/c1-2-23-10-6-9-18-17(22)16-14(21)12(19)13(20)15(24-16)11-7-4-3-5-8-11/h11-22H,2-10H2,1H3/t12-,13-,14-,15-,16+,17?/m1/s1. The molecule has 1 saturated carbocycles. The number of aliphatic hydroxyl groups is 4. The number of ether oxygens (including phenoxy) is 2. The van der Waals surface area contributed by atoms with Crippen molar-refractivity contribution in [2.24, 2.45) is 5.92 Å². The van der Waals surface area contributed by atoms with Gasteiger partial charge in [-0.3, -0.25) is 5.32 Å². The highest BCUT2D eigenvalue weighted by molar-refractivity contribution is 4.96. The van der Waals surface area contributed by atoms with E-state index in [1.807, 2.05) is 6.92 Å². The molecule has 2 rings (SSSR count). The molecule has 7 nitrogen and oxygen atoms in total. The summed E-state index contributed by atoms with van der Waals surface area (Å²) < 4.78 is 11.1. The van der Waals surface area contributed by atoms with Gasteiger partial charge in [-0.05, 0) is 38.6 Å². The highest BCUT2D eigenvalue weighted by Gasteiger charge is 2.48. The minimum atomic E-state index is -1.32. The Morgan fingerprint density at radius 1 is 1.08 bits per heavy atom. The minimum Gasteiger partial charge on any atom is -0.388 e. The second kappa shape index (κ2) is 10.0. The first-order valence-electron chi connectivity index (χ1n) is 9.25. The molecule has 0 spiro atoms. The van der Waals surface area contributed by atoms with Gasteiger partial charge in [-0.2, -0.15) is 0 Å². The van der Waals surface area contributed by atoms with Crippen LogP contribution in [0.4, 0.5) is 0 Å². The quantitative estimate of drug-likeness (QED) is 0.304. The highest BCUT2D eigenvalue weighted by atomic mass is 16.5. The average molecular weight is 347 g/mol. The molecule has 0 bridgehead atoms. The predicted molar refractivity (Wildman–Crippen MR) is 88.4 cm³/mol. The lowest BCUT2D eigenvalue weighted by Crippen LogP contribution is -2.64. The van der Waals surface area contributed by atoms with Gasteiger partial charge in [-0.25, -0.2) is 0 Å². The topological polar surface area (TPSA) is 111 Å². The Morgan fingerprint density at radius 2 is 1.79 bits per heavy atom. The lowest BCUT2D eigenvalue weighted by Gasteiger charge is -2.45. The fourth-order valence-corrected chi connectivity index (χ4v) is 3.73. The van der Waals surface area contributed by atoms with Crippen molar-refractivity contribution in [3.8, 4) is 0 Å². The Morgan fingerprint density at radius 3 is 2.46 bits per heavy atom. The van der Waals surface area contributed by atoms with E-state index in [1.54, 1.807) is 0 Å². The first-order chi connectivity index (χ1) is 11.6. The first-order valence-corrected chi connectivity index (χ1v) is 9.25. The van der Waals surface area contributed by atoms with Crippen molar-refractivity contribution in [1.29, 1.82) is 0 Å². The number of rotatable bonds is 8. The molecule has 1 saturated heterocycles. The van der Waals surface area contributed by atoms with Gasteiger partial charge in [0.05, 0.1) is 6.10 Å². The van der Waals surface area contributed by atoms with Crippen LogP contribution >= 0.6 is 0 Å². The molecule has 0 aromatic carbocycles. The van der Waals surface area contributed by atoms with Crippen molar-refractivity contribution < 1.29 is 29.9 Å². The zero-order valence-electron chi connectivity index (χ0n) is 14.5. The maximum Gasteiger partial charge on any atom is 0.134 e. The van der Waals surface area contributed by atoms with E-state index < -0.39 is 36.7 Å². The van der Waals surface area contributed by atoms with Crippen LogP contribution in [0, 0.1) is 5.92 Å². The molecular weight excluding hydrogens is 314 g/mol. The Balaban J connectivity index is 1.89. The molecule has 1 aliphatic heterocycles. The molecule has 1 aliphatic carbocycles. The van der Waals surface area contributed by atoms with E-state index in [2.05, 4.69) is 5.32 Å². The molecule has 24 heavy (non-hydrogen) atoms. The van der Waals surface area contributed by atoms with Gasteiger partial charge in [0.25, 0.3) is 0 Å². The summed E-state index contributed by atoms with van der Waals surface area (Å²) >= 11 is 0. The summed E-state index contributed by atoms with van der Waals surface area (Å²) in [6, 6.07) is 0. The monoisotopic (exact) mass is 347 g/mol. The number of hydrogen-bond donors (Lipinski definition) is 5. The normalized spacial score (nSPS) is 36.6. The van der Waals surface area contributed by atoms with E-state index in [1.165, 1.54) is 6.42 Å². The van der Waals surface area contributed by atoms with Gasteiger partial charge >= 0.3 is 0 Å². The lowest BCUT2D eigenvalue weighted by atomic mass is 9.79. The molecule has 7 heteroatoms. The molecule has 0 aromatic heterocycles. The summed E-state index contributed by atoms with van der Waals surface area (Å²) in [5, 5.41) is 43.8. The zero-order valence-corrected chi connectivity index (χ0v) is 14.5. The number of aliphatic hydroxyl groups excluding tert-OH is 4. The molecule has 1 heterocycles. The Bertz CT molecular complexity index is 350. The fourth-order valence-electron chi connectivity index (χ4n) is 3.73. The molecule has 2 aliphatic rings. The maximum absolute atomic E-state index is 10.3. The van der Waals surface area contributed by atoms with E-state index in [0.717, 1.165) is 32.1 Å². The summed E-state index contributed by atoms with van der Waals surface area (Å²) in [5.41, 5.74) is 0. The van der Waals surface area contributed by atoms with Crippen LogP contribution < -0.4 is 5.32 Å². The Kier molecular flexibility index (Phi) is 8.36. The zero-order chi connectivity index (χ0) is 17.5. The van der Waals surface area contributed by atoms with Gasteiger partial charge in [0.1, 0.15) is 30.6 Å². The van der Waals surface area contributed by atoms with E-state index in [0.29, 0.717) is 19.8 Å². The van der Waals surface area contributed by atoms with Crippen molar-refractivity contribution in [3.05, 3.63) is 0 Å². The van der Waals surface area contributed by atoms with Crippen LogP contribution in [0.25, 0.3) is 0 Å². The third kappa shape index (κ3) is 5.11. The van der Waals surface area contributed by atoms with Crippen molar-refractivity contribution in [1.82, 2.24) is 5.32 Å². The highest BCUT2D eigenvalue weighted by Crippen LogP contribution is 2.34. The van der Waals surface area contributed by atoms with E-state index >= 15 is 0 Å². The van der Waals surface area contributed by atoms with E-state index in [4.69, 9.17) is 9.47 Å². The fraction of sp³-hybridized carbons (Fsp3) is 1.00. The molecule has 0 aromatic rings. The Hall–Kier alpha value is -0.280. The molecule has 6 atom stereocenters. The maximum atomic E-state index is 10.3. The van der Waals surface area contributed by atoms with Gasteiger partial charge in [0.15, 0.2) is 0 Å². The molecule has 5 N–H and O–H groups in total. The molecule has 0 amide bonds. The third-order valence-electron chi connectivity index (χ3n) is 5.14. The van der Waals surface area contributed by atoms with Gasteiger partial charge in [-0.1, -0.05) is 19.3 Å². The average Bonchev–Trinajstić information content (AvgIpc) is 2.60. The van der Waals surface area contributed by atoms with E-state index in [9.17, 15) is 20.4 Å². The van der Waals surface area contributed by atoms with Crippen LogP contribution in [0.5, 0.6) is 0 Å². The minimum absolute atomic E-state index is 0.156. The molecule has 2 fully saturated rings. The molecule has 142 valence electrons. The van der Waals surface area contributed by atoms with Gasteiger partial charge in [-0.15, -0.1) is 0 Å². The van der Waals surface area contributed by atoms with Gasteiger partial charge in [0.2, 0.25) is 0 Å². The summed E-state index contributed by atoms with van der Waals surface area (Å²) in [4.78, 5) is 0.